The highest BCUT2D eigenvalue weighted by molar-refractivity contribution is 5.35. The van der Waals surface area contributed by atoms with Crippen molar-refractivity contribution in [2.45, 2.75) is 33.2 Å². The van der Waals surface area contributed by atoms with E-state index in [4.69, 9.17) is 10.7 Å². The fourth-order valence-corrected chi connectivity index (χ4v) is 2.32. The summed E-state index contributed by atoms with van der Waals surface area (Å²) in [6.07, 6.45) is 4.38. The average Bonchev–Trinajstić information content (AvgIpc) is 2.94. The lowest BCUT2D eigenvalue weighted by Crippen LogP contribution is -2.25. The molecular formula is C12H22N4. The molecule has 1 fully saturated rings. The first-order valence-electron chi connectivity index (χ1n) is 6.29. The van der Waals surface area contributed by atoms with Gasteiger partial charge in [0.05, 0.1) is 5.69 Å². The minimum atomic E-state index is 0.645. The highest BCUT2D eigenvalue weighted by Crippen LogP contribution is 2.23. The number of hydrogen-bond acceptors (Lipinski definition) is 3. The van der Waals surface area contributed by atoms with E-state index in [1.807, 2.05) is 0 Å². The Hall–Kier alpha value is -1.03. The van der Waals surface area contributed by atoms with Crippen LogP contribution >= 0.6 is 0 Å². The molecule has 1 unspecified atom stereocenters. The van der Waals surface area contributed by atoms with Crippen molar-refractivity contribution < 1.29 is 0 Å². The van der Waals surface area contributed by atoms with Crippen LogP contribution in [0, 0.1) is 5.92 Å². The van der Waals surface area contributed by atoms with Crippen LogP contribution < -0.4 is 10.6 Å². The molecule has 90 valence electrons. The smallest absolute Gasteiger partial charge is 0.205 e. The molecule has 0 bridgehead atoms. The van der Waals surface area contributed by atoms with Crippen LogP contribution in [0.5, 0.6) is 0 Å². The highest BCUT2D eigenvalue weighted by atomic mass is 15.3. The lowest BCUT2D eigenvalue weighted by atomic mass is 10.1. The third-order valence-electron chi connectivity index (χ3n) is 3.41. The summed E-state index contributed by atoms with van der Waals surface area (Å²) in [4.78, 5) is 7.07. The Bertz CT molecular complexity index is 345. The van der Waals surface area contributed by atoms with E-state index in [-0.39, 0.29) is 0 Å². The maximum atomic E-state index is 5.72. The summed E-state index contributed by atoms with van der Waals surface area (Å²) in [6.45, 7) is 8.27. The van der Waals surface area contributed by atoms with Gasteiger partial charge in [-0.25, -0.2) is 4.98 Å². The average molecular weight is 222 g/mol. The standard InChI is InChI=1S/C12H22N4/c1-3-11-9-15(4-2)12(14-11)16-6-5-10(7-13)8-16/h9-10H,3-8,13H2,1-2H3. The Kier molecular flexibility index (Phi) is 3.49. The molecule has 1 aliphatic rings. The van der Waals surface area contributed by atoms with Gasteiger partial charge in [0.15, 0.2) is 0 Å². The molecule has 1 atom stereocenters. The summed E-state index contributed by atoms with van der Waals surface area (Å²) < 4.78 is 2.25. The van der Waals surface area contributed by atoms with Crippen molar-refractivity contribution in [3.63, 3.8) is 0 Å². The van der Waals surface area contributed by atoms with Crippen molar-refractivity contribution in [3.8, 4) is 0 Å². The molecule has 16 heavy (non-hydrogen) atoms. The van der Waals surface area contributed by atoms with Gasteiger partial charge in [-0.3, -0.25) is 0 Å². The van der Waals surface area contributed by atoms with Gasteiger partial charge in [-0.2, -0.15) is 0 Å². The molecule has 1 saturated heterocycles. The van der Waals surface area contributed by atoms with Crippen molar-refractivity contribution in [3.05, 3.63) is 11.9 Å². The predicted octanol–water partition coefficient (Wildman–Crippen LogP) is 1.25. The Morgan fingerprint density at radius 1 is 1.50 bits per heavy atom. The first-order valence-corrected chi connectivity index (χ1v) is 6.29. The number of hydrogen-bond donors (Lipinski definition) is 1. The zero-order chi connectivity index (χ0) is 11.5. The van der Waals surface area contributed by atoms with Crippen molar-refractivity contribution in [2.24, 2.45) is 11.7 Å². The Balaban J connectivity index is 2.16. The molecule has 0 amide bonds. The SMILES string of the molecule is CCc1cn(CC)c(N2CCC(CN)C2)n1. The van der Waals surface area contributed by atoms with E-state index >= 15 is 0 Å². The Labute approximate surface area is 97.4 Å². The lowest BCUT2D eigenvalue weighted by Gasteiger charge is -2.18. The molecule has 1 aromatic heterocycles. The van der Waals surface area contributed by atoms with Gasteiger partial charge in [0.2, 0.25) is 5.95 Å². The molecule has 4 heteroatoms. The van der Waals surface area contributed by atoms with Crippen molar-refractivity contribution in [1.82, 2.24) is 9.55 Å². The van der Waals surface area contributed by atoms with E-state index < -0.39 is 0 Å². The molecule has 4 nitrogen and oxygen atoms in total. The van der Waals surface area contributed by atoms with Crippen molar-refractivity contribution >= 4 is 5.95 Å². The molecule has 0 aromatic carbocycles. The number of aryl methyl sites for hydroxylation is 2. The van der Waals surface area contributed by atoms with Crippen LogP contribution in [0.3, 0.4) is 0 Å². The van der Waals surface area contributed by atoms with Crippen LogP contribution in [0.2, 0.25) is 0 Å². The van der Waals surface area contributed by atoms with Gasteiger partial charge in [0.1, 0.15) is 0 Å². The van der Waals surface area contributed by atoms with Gasteiger partial charge >= 0.3 is 0 Å². The van der Waals surface area contributed by atoms with E-state index in [1.165, 1.54) is 12.1 Å². The number of anilines is 1. The first kappa shape index (κ1) is 11.5. The van der Waals surface area contributed by atoms with Crippen LogP contribution in [0.25, 0.3) is 0 Å². The number of nitrogens with zero attached hydrogens (tertiary/aromatic N) is 3. The largest absolute Gasteiger partial charge is 0.342 e. The van der Waals surface area contributed by atoms with E-state index in [0.29, 0.717) is 5.92 Å². The number of aromatic nitrogens is 2. The number of imidazole rings is 1. The second-order valence-corrected chi connectivity index (χ2v) is 4.51. The molecule has 0 radical (unpaired) electrons. The van der Waals surface area contributed by atoms with Crippen LogP contribution in [0.15, 0.2) is 6.20 Å². The normalized spacial score (nSPS) is 20.7. The number of nitrogens with two attached hydrogens (primary N) is 1. The summed E-state index contributed by atoms with van der Waals surface area (Å²) >= 11 is 0. The molecule has 2 N–H and O–H groups in total. The summed E-state index contributed by atoms with van der Waals surface area (Å²) in [5.74, 6) is 1.78. The van der Waals surface area contributed by atoms with E-state index in [9.17, 15) is 0 Å². The first-order chi connectivity index (χ1) is 7.78. The van der Waals surface area contributed by atoms with Crippen LogP contribution in [0.1, 0.15) is 26.0 Å². The second-order valence-electron chi connectivity index (χ2n) is 4.51. The zero-order valence-corrected chi connectivity index (χ0v) is 10.3. The zero-order valence-electron chi connectivity index (χ0n) is 10.3. The third kappa shape index (κ3) is 2.07. The summed E-state index contributed by atoms with van der Waals surface area (Å²) in [5.41, 5.74) is 6.91. The van der Waals surface area contributed by atoms with Gasteiger partial charge in [-0.05, 0) is 32.2 Å². The molecule has 2 rings (SSSR count). The van der Waals surface area contributed by atoms with E-state index in [2.05, 4.69) is 29.5 Å². The summed E-state index contributed by atoms with van der Waals surface area (Å²) in [7, 11) is 0. The molecule has 1 aliphatic heterocycles. The van der Waals surface area contributed by atoms with Crippen molar-refractivity contribution in [1.29, 1.82) is 0 Å². The maximum absolute atomic E-state index is 5.72. The summed E-state index contributed by atoms with van der Waals surface area (Å²) in [5, 5.41) is 0. The third-order valence-corrected chi connectivity index (χ3v) is 3.41. The van der Waals surface area contributed by atoms with Gasteiger partial charge in [-0.15, -0.1) is 0 Å². The van der Waals surface area contributed by atoms with Gasteiger partial charge < -0.3 is 15.2 Å². The number of rotatable bonds is 4. The molecule has 0 saturated carbocycles. The minimum absolute atomic E-state index is 0.645. The van der Waals surface area contributed by atoms with E-state index in [1.54, 1.807) is 0 Å². The van der Waals surface area contributed by atoms with E-state index in [0.717, 1.165) is 38.5 Å². The Morgan fingerprint density at radius 3 is 2.88 bits per heavy atom. The van der Waals surface area contributed by atoms with Crippen molar-refractivity contribution in [2.75, 3.05) is 24.5 Å². The van der Waals surface area contributed by atoms with Gasteiger partial charge in [0.25, 0.3) is 0 Å². The van der Waals surface area contributed by atoms with Gasteiger partial charge in [-0.1, -0.05) is 6.92 Å². The molecule has 0 aliphatic carbocycles. The fraction of sp³-hybridized carbons (Fsp3) is 0.750. The molecular weight excluding hydrogens is 200 g/mol. The van der Waals surface area contributed by atoms with Gasteiger partial charge in [0, 0.05) is 25.8 Å². The second kappa shape index (κ2) is 4.87. The Morgan fingerprint density at radius 2 is 2.31 bits per heavy atom. The molecule has 1 aromatic rings. The monoisotopic (exact) mass is 222 g/mol. The summed E-state index contributed by atoms with van der Waals surface area (Å²) in [6, 6.07) is 0. The van der Waals surface area contributed by atoms with Crippen LogP contribution in [-0.4, -0.2) is 29.2 Å². The minimum Gasteiger partial charge on any atom is -0.342 e. The van der Waals surface area contributed by atoms with Crippen LogP contribution in [-0.2, 0) is 13.0 Å². The molecule has 0 spiro atoms. The molecule has 2 heterocycles. The quantitative estimate of drug-likeness (QED) is 0.834. The lowest BCUT2D eigenvalue weighted by molar-refractivity contribution is 0.600. The fourth-order valence-electron chi connectivity index (χ4n) is 2.32. The highest BCUT2D eigenvalue weighted by Gasteiger charge is 2.24. The van der Waals surface area contributed by atoms with Crippen LogP contribution in [0.4, 0.5) is 5.95 Å². The topological polar surface area (TPSA) is 47.1 Å². The predicted molar refractivity (Wildman–Crippen MR) is 66.7 cm³/mol. The maximum Gasteiger partial charge on any atom is 0.205 e.